The van der Waals surface area contributed by atoms with E-state index in [1.54, 1.807) is 5.38 Å². The van der Waals surface area contributed by atoms with Gasteiger partial charge in [0.15, 0.2) is 15.7 Å². The first-order valence-electron chi connectivity index (χ1n) is 9.51. The molecule has 0 amide bonds. The number of anilines is 2. The zero-order valence-corrected chi connectivity index (χ0v) is 18.4. The third-order valence-electron chi connectivity index (χ3n) is 5.23. The van der Waals surface area contributed by atoms with Crippen LogP contribution in [0.3, 0.4) is 0 Å². The highest BCUT2D eigenvalue weighted by atomic mass is 32.2. The van der Waals surface area contributed by atoms with Gasteiger partial charge in [-0.3, -0.25) is 0 Å². The predicted octanol–water partition coefficient (Wildman–Crippen LogP) is 2.38. The largest absolute Gasteiger partial charge is 0.377 e. The molecule has 0 aliphatic carbocycles. The van der Waals surface area contributed by atoms with Crippen molar-refractivity contribution in [3.63, 3.8) is 0 Å². The summed E-state index contributed by atoms with van der Waals surface area (Å²) in [5.74, 6) is 0.351. The number of thiophene rings is 1. The topological polar surface area (TPSA) is 116 Å². The van der Waals surface area contributed by atoms with E-state index in [1.807, 2.05) is 6.92 Å². The molecule has 162 valence electrons. The van der Waals surface area contributed by atoms with Crippen molar-refractivity contribution in [3.8, 4) is 5.95 Å². The van der Waals surface area contributed by atoms with Crippen LogP contribution in [-0.2, 0) is 14.6 Å². The van der Waals surface area contributed by atoms with Gasteiger partial charge in [0, 0.05) is 24.2 Å². The van der Waals surface area contributed by atoms with Crippen LogP contribution in [0.4, 0.5) is 16.2 Å². The Morgan fingerprint density at radius 3 is 2.84 bits per heavy atom. The summed E-state index contributed by atoms with van der Waals surface area (Å²) in [4.78, 5) is 15.8. The molecule has 0 saturated carbocycles. The van der Waals surface area contributed by atoms with Crippen molar-refractivity contribution >= 4 is 54.2 Å². The SMILES string of the molecule is C[C@@H]1COCCN1c1nc(-n2c(N)nc3ccc(F)cc32)nc2c(S(C)(=O)=O)csc12. The molecule has 2 N–H and O–H groups in total. The van der Waals surface area contributed by atoms with E-state index in [9.17, 15) is 12.8 Å². The molecular weight excluding hydrogens is 443 g/mol. The van der Waals surface area contributed by atoms with E-state index in [2.05, 4.69) is 14.9 Å². The van der Waals surface area contributed by atoms with E-state index < -0.39 is 15.7 Å². The highest BCUT2D eigenvalue weighted by Gasteiger charge is 2.28. The average molecular weight is 463 g/mol. The highest BCUT2D eigenvalue weighted by molar-refractivity contribution is 7.91. The lowest BCUT2D eigenvalue weighted by molar-refractivity contribution is 0.0987. The number of fused-ring (bicyclic) bond motifs is 2. The lowest BCUT2D eigenvalue weighted by Gasteiger charge is -2.34. The Morgan fingerprint density at radius 1 is 1.29 bits per heavy atom. The van der Waals surface area contributed by atoms with Crippen LogP contribution in [0.15, 0.2) is 28.5 Å². The van der Waals surface area contributed by atoms with Crippen molar-refractivity contribution in [1.29, 1.82) is 0 Å². The Bertz CT molecular complexity index is 1430. The van der Waals surface area contributed by atoms with E-state index in [1.165, 1.54) is 34.1 Å². The number of imidazole rings is 1. The van der Waals surface area contributed by atoms with E-state index in [-0.39, 0.29) is 22.8 Å². The molecule has 1 atom stereocenters. The van der Waals surface area contributed by atoms with Crippen LogP contribution in [-0.4, -0.2) is 60.0 Å². The second kappa shape index (κ2) is 7.11. The van der Waals surface area contributed by atoms with Gasteiger partial charge in [-0.1, -0.05) is 0 Å². The highest BCUT2D eigenvalue weighted by Crippen LogP contribution is 2.37. The number of nitrogen functional groups attached to an aromatic ring is 1. The summed E-state index contributed by atoms with van der Waals surface area (Å²) in [7, 11) is -3.53. The monoisotopic (exact) mass is 462 g/mol. The Morgan fingerprint density at radius 2 is 2.10 bits per heavy atom. The van der Waals surface area contributed by atoms with Crippen molar-refractivity contribution < 1.29 is 17.5 Å². The molecule has 9 nitrogen and oxygen atoms in total. The fourth-order valence-corrected chi connectivity index (χ4v) is 6.03. The minimum Gasteiger partial charge on any atom is -0.377 e. The van der Waals surface area contributed by atoms with Crippen LogP contribution >= 0.6 is 11.3 Å². The average Bonchev–Trinajstić information content (AvgIpc) is 3.27. The molecule has 12 heteroatoms. The van der Waals surface area contributed by atoms with Crippen LogP contribution < -0.4 is 10.6 Å². The standard InChI is InChI=1S/C19H19FN6O3S2/c1-10-8-29-6-5-25(10)17-16-15(14(9-30-16)31(2,27)28)23-19(24-17)26-13-7-11(20)3-4-12(13)22-18(26)21/h3-4,7,9-10H,5-6,8H2,1-2H3,(H2,21,22)/t10-/m1/s1. The van der Waals surface area contributed by atoms with Crippen molar-refractivity contribution in [3.05, 3.63) is 29.4 Å². The van der Waals surface area contributed by atoms with Crippen molar-refractivity contribution in [1.82, 2.24) is 19.5 Å². The summed E-state index contributed by atoms with van der Waals surface area (Å²) in [6.07, 6.45) is 1.14. The maximum Gasteiger partial charge on any atom is 0.239 e. The molecule has 1 aliphatic rings. The van der Waals surface area contributed by atoms with E-state index in [4.69, 9.17) is 15.5 Å². The fourth-order valence-electron chi connectivity index (χ4n) is 3.75. The number of nitrogens with zero attached hydrogens (tertiary/aromatic N) is 5. The minimum absolute atomic E-state index is 0.0257. The molecule has 0 radical (unpaired) electrons. The number of sulfone groups is 1. The van der Waals surface area contributed by atoms with Gasteiger partial charge >= 0.3 is 0 Å². The number of aromatic nitrogens is 4. The number of nitrogens with two attached hydrogens (primary N) is 1. The number of rotatable bonds is 3. The fraction of sp³-hybridized carbons (Fsp3) is 0.316. The summed E-state index contributed by atoms with van der Waals surface area (Å²) in [6.45, 7) is 3.64. The molecule has 0 bridgehead atoms. The summed E-state index contributed by atoms with van der Waals surface area (Å²) in [5, 5.41) is 1.57. The molecule has 1 saturated heterocycles. The van der Waals surface area contributed by atoms with Gasteiger partial charge in [-0.05, 0) is 19.1 Å². The summed E-state index contributed by atoms with van der Waals surface area (Å²) in [6, 6.07) is 4.14. The molecule has 4 aromatic rings. The van der Waals surface area contributed by atoms with Crippen LogP contribution in [0.25, 0.3) is 27.2 Å². The predicted molar refractivity (Wildman–Crippen MR) is 117 cm³/mol. The molecule has 0 spiro atoms. The van der Waals surface area contributed by atoms with Crippen LogP contribution in [0.2, 0.25) is 0 Å². The minimum atomic E-state index is -3.53. The molecular formula is C19H19FN6O3S2. The molecule has 0 unspecified atom stereocenters. The van der Waals surface area contributed by atoms with Crippen LogP contribution in [0.1, 0.15) is 6.92 Å². The summed E-state index contributed by atoms with van der Waals surface area (Å²) >= 11 is 1.28. The number of benzene rings is 1. The van der Waals surface area contributed by atoms with Gasteiger partial charge in [-0.15, -0.1) is 11.3 Å². The lowest BCUT2D eigenvalue weighted by Crippen LogP contribution is -2.44. The van der Waals surface area contributed by atoms with Gasteiger partial charge in [-0.2, -0.15) is 4.98 Å². The number of morpholine rings is 1. The van der Waals surface area contributed by atoms with E-state index in [0.29, 0.717) is 46.8 Å². The number of ether oxygens (including phenoxy) is 1. The number of hydrogen-bond donors (Lipinski definition) is 1. The molecule has 4 heterocycles. The van der Waals surface area contributed by atoms with E-state index in [0.717, 1.165) is 6.26 Å². The molecule has 1 fully saturated rings. The Kier molecular flexibility index (Phi) is 4.61. The van der Waals surface area contributed by atoms with Crippen LogP contribution in [0.5, 0.6) is 0 Å². The van der Waals surface area contributed by atoms with Gasteiger partial charge < -0.3 is 15.4 Å². The quantitative estimate of drug-likeness (QED) is 0.493. The Labute approximate surface area is 181 Å². The zero-order valence-electron chi connectivity index (χ0n) is 16.7. The maximum atomic E-state index is 14.0. The van der Waals surface area contributed by atoms with Gasteiger partial charge in [0.2, 0.25) is 11.9 Å². The first-order chi connectivity index (χ1) is 14.7. The number of halogens is 1. The second-order valence-corrected chi connectivity index (χ2v) is 10.3. The summed E-state index contributed by atoms with van der Waals surface area (Å²) < 4.78 is 46.4. The summed E-state index contributed by atoms with van der Waals surface area (Å²) in [5.41, 5.74) is 7.32. The van der Waals surface area contributed by atoms with Crippen molar-refractivity contribution in [2.75, 3.05) is 36.6 Å². The molecule has 1 aliphatic heterocycles. The molecule has 31 heavy (non-hydrogen) atoms. The van der Waals surface area contributed by atoms with Gasteiger partial charge in [0.25, 0.3) is 0 Å². The third-order valence-corrected chi connectivity index (χ3v) is 7.46. The smallest absolute Gasteiger partial charge is 0.239 e. The first kappa shape index (κ1) is 20.1. The maximum absolute atomic E-state index is 14.0. The molecule has 3 aromatic heterocycles. The van der Waals surface area contributed by atoms with Gasteiger partial charge in [-0.25, -0.2) is 27.3 Å². The second-order valence-electron chi connectivity index (χ2n) is 7.45. The van der Waals surface area contributed by atoms with Gasteiger partial charge in [0.05, 0.1) is 35.0 Å². The van der Waals surface area contributed by atoms with Gasteiger partial charge in [0.1, 0.15) is 16.2 Å². The zero-order chi connectivity index (χ0) is 21.9. The molecule has 1 aromatic carbocycles. The van der Waals surface area contributed by atoms with Crippen molar-refractivity contribution in [2.24, 2.45) is 0 Å². The first-order valence-corrected chi connectivity index (χ1v) is 12.3. The molecule has 5 rings (SSSR count). The normalized spacial score (nSPS) is 17.6. The van der Waals surface area contributed by atoms with E-state index >= 15 is 0 Å². The lowest BCUT2D eigenvalue weighted by atomic mass is 10.2. The number of hydrogen-bond acceptors (Lipinski definition) is 9. The Hall–Kier alpha value is -2.83. The Balaban J connectivity index is 1.84. The third kappa shape index (κ3) is 3.30. The van der Waals surface area contributed by atoms with Crippen molar-refractivity contribution in [2.45, 2.75) is 17.9 Å². The van der Waals surface area contributed by atoms with Crippen LogP contribution in [0, 0.1) is 5.82 Å².